The van der Waals surface area contributed by atoms with E-state index < -0.39 is 6.03 Å². The van der Waals surface area contributed by atoms with Crippen molar-refractivity contribution < 1.29 is 9.53 Å². The normalized spacial score (nSPS) is 10.7. The number of ether oxygens (including phenoxy) is 1. The molecule has 0 aliphatic rings. The van der Waals surface area contributed by atoms with Gasteiger partial charge in [0.25, 0.3) is 5.56 Å². The zero-order chi connectivity index (χ0) is 16.2. The van der Waals surface area contributed by atoms with E-state index in [2.05, 4.69) is 10.3 Å². The van der Waals surface area contributed by atoms with Crippen LogP contribution in [0.4, 0.5) is 4.79 Å². The molecule has 0 atom stereocenters. The van der Waals surface area contributed by atoms with Crippen molar-refractivity contribution in [2.24, 2.45) is 0 Å². The molecule has 1 amide bonds. The Morgan fingerprint density at radius 2 is 2.09 bits per heavy atom. The lowest BCUT2D eigenvalue weighted by atomic mass is 10.2. The van der Waals surface area contributed by atoms with Crippen LogP contribution in [-0.2, 0) is 6.54 Å². The molecule has 3 aromatic rings. The molecule has 2 aromatic heterocycles. The number of carbonyl (C=O) groups excluding carboxylic acids is 1. The van der Waals surface area contributed by atoms with Crippen LogP contribution >= 0.6 is 11.5 Å². The predicted molar refractivity (Wildman–Crippen MR) is 89.1 cm³/mol. The first-order valence-corrected chi connectivity index (χ1v) is 7.93. The first-order chi connectivity index (χ1) is 11.2. The number of carbonyl (C=O) groups is 1. The molecule has 0 saturated heterocycles. The maximum atomic E-state index is 12.2. The second-order valence-electron chi connectivity index (χ2n) is 4.78. The third kappa shape index (κ3) is 3.24. The number of nitrogens with zero attached hydrogens (tertiary/aromatic N) is 2. The van der Waals surface area contributed by atoms with Crippen LogP contribution in [0.3, 0.4) is 0 Å². The minimum absolute atomic E-state index is 0.333. The van der Waals surface area contributed by atoms with Crippen molar-refractivity contribution in [3.05, 3.63) is 58.5 Å². The average Bonchev–Trinajstić information content (AvgIpc) is 2.92. The van der Waals surface area contributed by atoms with Gasteiger partial charge < -0.3 is 10.1 Å². The Bertz CT molecular complexity index is 883. The van der Waals surface area contributed by atoms with Gasteiger partial charge in [-0.3, -0.25) is 4.79 Å². The van der Waals surface area contributed by atoms with E-state index in [4.69, 9.17) is 4.74 Å². The molecule has 0 aliphatic carbocycles. The second-order valence-corrected chi connectivity index (χ2v) is 5.72. The van der Waals surface area contributed by atoms with E-state index in [-0.39, 0.29) is 5.56 Å². The van der Waals surface area contributed by atoms with Crippen LogP contribution < -0.4 is 15.6 Å². The SMILES string of the molecule is CCOc1ccc(CNC(=O)n2sc3ncccc3c2=O)cc1. The van der Waals surface area contributed by atoms with E-state index in [1.165, 1.54) is 0 Å². The summed E-state index contributed by atoms with van der Waals surface area (Å²) in [5.74, 6) is 0.786. The second kappa shape index (κ2) is 6.62. The minimum atomic E-state index is -0.452. The maximum absolute atomic E-state index is 12.2. The van der Waals surface area contributed by atoms with Gasteiger partial charge in [0.15, 0.2) is 0 Å². The molecule has 0 fully saturated rings. The summed E-state index contributed by atoms with van der Waals surface area (Å²) >= 11 is 1.04. The first-order valence-electron chi connectivity index (χ1n) is 7.16. The molecule has 0 bridgehead atoms. The van der Waals surface area contributed by atoms with Crippen molar-refractivity contribution in [1.82, 2.24) is 14.3 Å². The van der Waals surface area contributed by atoms with Crippen LogP contribution in [0.5, 0.6) is 5.75 Å². The van der Waals surface area contributed by atoms with Crippen molar-refractivity contribution in [3.63, 3.8) is 0 Å². The molecule has 118 valence electrons. The highest BCUT2D eigenvalue weighted by atomic mass is 32.1. The Balaban J connectivity index is 1.71. The highest BCUT2D eigenvalue weighted by Crippen LogP contribution is 2.13. The number of aromatic nitrogens is 2. The van der Waals surface area contributed by atoms with E-state index in [9.17, 15) is 9.59 Å². The van der Waals surface area contributed by atoms with Gasteiger partial charge in [-0.25, -0.2) is 9.78 Å². The minimum Gasteiger partial charge on any atom is -0.494 e. The number of hydrogen-bond acceptors (Lipinski definition) is 5. The maximum Gasteiger partial charge on any atom is 0.338 e. The smallest absolute Gasteiger partial charge is 0.338 e. The lowest BCUT2D eigenvalue weighted by Gasteiger charge is -2.06. The van der Waals surface area contributed by atoms with Crippen LogP contribution in [-0.4, -0.2) is 21.6 Å². The van der Waals surface area contributed by atoms with Gasteiger partial charge in [-0.15, -0.1) is 0 Å². The molecule has 7 heteroatoms. The van der Waals surface area contributed by atoms with Crippen LogP contribution in [0, 0.1) is 0 Å². The summed E-state index contributed by atoms with van der Waals surface area (Å²) in [6, 6.07) is 10.3. The number of amides is 1. The number of fused-ring (bicyclic) bond motifs is 1. The molecule has 0 aliphatic heterocycles. The zero-order valence-corrected chi connectivity index (χ0v) is 13.3. The summed E-state index contributed by atoms with van der Waals surface area (Å²) in [4.78, 5) is 29.0. The van der Waals surface area contributed by atoms with Crippen molar-refractivity contribution in [3.8, 4) is 5.75 Å². The summed E-state index contributed by atoms with van der Waals surface area (Å²) < 4.78 is 6.46. The number of benzene rings is 1. The molecular formula is C16H15N3O3S. The Morgan fingerprint density at radius 1 is 1.30 bits per heavy atom. The molecular weight excluding hydrogens is 314 g/mol. The Morgan fingerprint density at radius 3 is 2.78 bits per heavy atom. The summed E-state index contributed by atoms with van der Waals surface area (Å²) in [6.45, 7) is 2.87. The third-order valence-electron chi connectivity index (χ3n) is 3.23. The van der Waals surface area contributed by atoms with Crippen molar-refractivity contribution in [2.45, 2.75) is 13.5 Å². The van der Waals surface area contributed by atoms with Gasteiger partial charge in [0.2, 0.25) is 0 Å². The Kier molecular flexibility index (Phi) is 4.38. The molecule has 0 radical (unpaired) electrons. The van der Waals surface area contributed by atoms with Crippen LogP contribution in [0.1, 0.15) is 12.5 Å². The standard InChI is InChI=1S/C16H15N3O3S/c1-2-22-12-7-5-11(6-8-12)10-18-16(21)19-15(20)13-4-3-9-17-14(13)23-19/h3-9H,2,10H2,1H3,(H,18,21). The molecule has 23 heavy (non-hydrogen) atoms. The predicted octanol–water partition coefficient (Wildman–Crippen LogP) is 2.61. The van der Waals surface area contributed by atoms with Gasteiger partial charge in [-0.2, -0.15) is 3.96 Å². The van der Waals surface area contributed by atoms with Crippen LogP contribution in [0.15, 0.2) is 47.4 Å². The number of pyridine rings is 1. The summed E-state index contributed by atoms with van der Waals surface area (Å²) in [7, 11) is 0. The lowest BCUT2D eigenvalue weighted by Crippen LogP contribution is -2.32. The van der Waals surface area contributed by atoms with Gasteiger partial charge in [0.1, 0.15) is 10.6 Å². The number of hydrogen-bond donors (Lipinski definition) is 1. The first kappa shape index (κ1) is 15.2. The largest absolute Gasteiger partial charge is 0.494 e. The van der Waals surface area contributed by atoms with E-state index in [1.807, 2.05) is 31.2 Å². The molecule has 6 nitrogen and oxygen atoms in total. The van der Waals surface area contributed by atoms with Gasteiger partial charge in [-0.05, 0) is 48.3 Å². The fraction of sp³-hybridized carbons (Fsp3) is 0.188. The molecule has 0 unspecified atom stereocenters. The van der Waals surface area contributed by atoms with Gasteiger partial charge in [0.05, 0.1) is 12.0 Å². The van der Waals surface area contributed by atoms with Crippen molar-refractivity contribution in [2.75, 3.05) is 6.61 Å². The highest BCUT2D eigenvalue weighted by molar-refractivity contribution is 7.14. The van der Waals surface area contributed by atoms with Crippen LogP contribution in [0.2, 0.25) is 0 Å². The lowest BCUT2D eigenvalue weighted by molar-refractivity contribution is 0.243. The fourth-order valence-corrected chi connectivity index (χ4v) is 2.98. The Labute approximate surface area is 136 Å². The number of rotatable bonds is 4. The monoisotopic (exact) mass is 329 g/mol. The summed E-state index contributed by atoms with van der Waals surface area (Å²) in [5.41, 5.74) is 0.580. The van der Waals surface area contributed by atoms with Crippen molar-refractivity contribution in [1.29, 1.82) is 0 Å². The average molecular weight is 329 g/mol. The molecule has 0 saturated carbocycles. The fourth-order valence-electron chi connectivity index (χ4n) is 2.12. The van der Waals surface area contributed by atoms with E-state index in [1.54, 1.807) is 18.3 Å². The topological polar surface area (TPSA) is 73.2 Å². The molecule has 2 heterocycles. The molecule has 3 rings (SSSR count). The molecule has 0 spiro atoms. The quantitative estimate of drug-likeness (QED) is 0.798. The van der Waals surface area contributed by atoms with Crippen LogP contribution in [0.25, 0.3) is 10.2 Å². The van der Waals surface area contributed by atoms with Crippen molar-refractivity contribution >= 4 is 27.8 Å². The van der Waals surface area contributed by atoms with Gasteiger partial charge in [-0.1, -0.05) is 12.1 Å². The molecule has 1 aromatic carbocycles. The Hall–Kier alpha value is -2.67. The van der Waals surface area contributed by atoms with E-state index >= 15 is 0 Å². The summed E-state index contributed by atoms with van der Waals surface area (Å²) in [5, 5.41) is 3.19. The van der Waals surface area contributed by atoms with Gasteiger partial charge >= 0.3 is 6.03 Å². The van der Waals surface area contributed by atoms with E-state index in [0.29, 0.717) is 23.4 Å². The summed E-state index contributed by atoms with van der Waals surface area (Å²) in [6.07, 6.45) is 1.60. The highest BCUT2D eigenvalue weighted by Gasteiger charge is 2.13. The molecule has 1 N–H and O–H groups in total. The number of nitrogens with one attached hydrogen (secondary N) is 1. The van der Waals surface area contributed by atoms with Gasteiger partial charge in [0, 0.05) is 12.7 Å². The zero-order valence-electron chi connectivity index (χ0n) is 12.5. The van der Waals surface area contributed by atoms with E-state index in [0.717, 1.165) is 26.8 Å². The third-order valence-corrected chi connectivity index (χ3v) is 4.24.